The van der Waals surface area contributed by atoms with Crippen LogP contribution in [0.4, 0.5) is 0 Å². The number of rotatable bonds is 4. The Hall–Kier alpha value is -0.390. The maximum atomic E-state index is 11.7. The van der Waals surface area contributed by atoms with Gasteiger partial charge in [0.25, 0.3) is 5.91 Å². The molecule has 3 nitrogen and oxygen atoms in total. The number of nitrogens with one attached hydrogen (secondary N) is 1. The number of carbonyl (C=O) groups excluding carboxylic acids is 1. The van der Waals surface area contributed by atoms with Crippen LogP contribution < -0.4 is 5.32 Å². The van der Waals surface area contributed by atoms with Crippen molar-refractivity contribution in [2.45, 2.75) is 20.0 Å². The van der Waals surface area contributed by atoms with Gasteiger partial charge in [0.05, 0.1) is 14.8 Å². The van der Waals surface area contributed by atoms with Gasteiger partial charge in [-0.05, 0) is 41.4 Å². The highest BCUT2D eigenvalue weighted by Crippen LogP contribution is 2.27. The van der Waals surface area contributed by atoms with E-state index >= 15 is 0 Å². The molecule has 5 heteroatoms. The zero-order valence-electron chi connectivity index (χ0n) is 8.96. The predicted molar refractivity (Wildman–Crippen MR) is 65.6 cm³/mol. The third-order valence-corrected chi connectivity index (χ3v) is 4.17. The van der Waals surface area contributed by atoms with E-state index in [1.807, 2.05) is 19.9 Å². The minimum atomic E-state index is -0.0438. The van der Waals surface area contributed by atoms with Crippen LogP contribution in [-0.4, -0.2) is 25.7 Å². The van der Waals surface area contributed by atoms with Crippen molar-refractivity contribution < 1.29 is 9.53 Å². The summed E-state index contributed by atoms with van der Waals surface area (Å²) < 4.78 is 6.05. The number of methoxy groups -OCH3 is 1. The molecular weight excluding hydrogens is 278 g/mol. The SMILES string of the molecule is COC(C)CNC(=O)c1cc(C)c(Br)s1. The Bertz CT molecular complexity index is 332. The number of halogens is 1. The van der Waals surface area contributed by atoms with Crippen molar-refractivity contribution in [1.29, 1.82) is 0 Å². The van der Waals surface area contributed by atoms with Crippen LogP contribution in [0.2, 0.25) is 0 Å². The number of carbonyl (C=O) groups is 1. The van der Waals surface area contributed by atoms with Gasteiger partial charge in [0.2, 0.25) is 0 Å². The average Bonchev–Trinajstić information content (AvgIpc) is 2.55. The van der Waals surface area contributed by atoms with Gasteiger partial charge in [-0.15, -0.1) is 11.3 Å². The monoisotopic (exact) mass is 291 g/mol. The Morgan fingerprint density at radius 3 is 2.87 bits per heavy atom. The Morgan fingerprint density at radius 2 is 2.40 bits per heavy atom. The molecule has 0 bridgehead atoms. The van der Waals surface area contributed by atoms with Gasteiger partial charge in [-0.1, -0.05) is 0 Å². The molecule has 1 atom stereocenters. The Morgan fingerprint density at radius 1 is 1.73 bits per heavy atom. The fourth-order valence-electron chi connectivity index (χ4n) is 0.979. The molecule has 1 rings (SSSR count). The second kappa shape index (κ2) is 5.63. The van der Waals surface area contributed by atoms with E-state index in [9.17, 15) is 4.79 Å². The average molecular weight is 292 g/mol. The van der Waals surface area contributed by atoms with Crippen LogP contribution in [0.25, 0.3) is 0 Å². The first kappa shape index (κ1) is 12.7. The fourth-order valence-corrected chi connectivity index (χ4v) is 2.43. The first-order chi connectivity index (χ1) is 7.04. The van der Waals surface area contributed by atoms with E-state index in [2.05, 4.69) is 21.2 Å². The molecule has 15 heavy (non-hydrogen) atoms. The summed E-state index contributed by atoms with van der Waals surface area (Å²) in [5, 5.41) is 2.82. The number of hydrogen-bond acceptors (Lipinski definition) is 3. The topological polar surface area (TPSA) is 38.3 Å². The van der Waals surface area contributed by atoms with E-state index < -0.39 is 0 Å². The molecule has 1 aromatic rings. The summed E-state index contributed by atoms with van der Waals surface area (Å²) in [5.74, 6) is -0.0438. The van der Waals surface area contributed by atoms with Gasteiger partial charge >= 0.3 is 0 Å². The summed E-state index contributed by atoms with van der Waals surface area (Å²) in [6.07, 6.45) is 0.0402. The number of thiophene rings is 1. The summed E-state index contributed by atoms with van der Waals surface area (Å²) in [5.41, 5.74) is 1.09. The summed E-state index contributed by atoms with van der Waals surface area (Å²) in [6, 6.07) is 1.88. The molecule has 0 aliphatic carbocycles. The van der Waals surface area contributed by atoms with Gasteiger partial charge in [0, 0.05) is 13.7 Å². The van der Waals surface area contributed by atoms with E-state index in [-0.39, 0.29) is 12.0 Å². The molecule has 1 aromatic heterocycles. The molecule has 0 aliphatic heterocycles. The van der Waals surface area contributed by atoms with Gasteiger partial charge in [-0.3, -0.25) is 4.79 Å². The molecule has 1 unspecified atom stereocenters. The standard InChI is InChI=1S/C10H14BrNO2S/c1-6-4-8(15-9(6)11)10(13)12-5-7(2)14-3/h4,7H,5H2,1-3H3,(H,12,13). The van der Waals surface area contributed by atoms with Crippen molar-refractivity contribution in [3.05, 3.63) is 20.3 Å². The van der Waals surface area contributed by atoms with Crippen LogP contribution in [0.1, 0.15) is 22.2 Å². The molecule has 0 aliphatic rings. The molecule has 0 spiro atoms. The van der Waals surface area contributed by atoms with E-state index in [0.29, 0.717) is 6.54 Å². The van der Waals surface area contributed by atoms with Crippen LogP contribution >= 0.6 is 27.3 Å². The van der Waals surface area contributed by atoms with Crippen LogP contribution in [0.5, 0.6) is 0 Å². The van der Waals surface area contributed by atoms with Gasteiger partial charge in [-0.25, -0.2) is 0 Å². The second-order valence-electron chi connectivity index (χ2n) is 3.32. The number of aryl methyl sites for hydroxylation is 1. The molecule has 84 valence electrons. The lowest BCUT2D eigenvalue weighted by atomic mass is 10.3. The van der Waals surface area contributed by atoms with Crippen LogP contribution in [0.3, 0.4) is 0 Å². The largest absolute Gasteiger partial charge is 0.380 e. The highest BCUT2D eigenvalue weighted by Gasteiger charge is 2.11. The minimum absolute atomic E-state index is 0.0402. The summed E-state index contributed by atoms with van der Waals surface area (Å²) in [4.78, 5) is 12.4. The quantitative estimate of drug-likeness (QED) is 0.926. The van der Waals surface area contributed by atoms with E-state index in [1.165, 1.54) is 11.3 Å². The van der Waals surface area contributed by atoms with Crippen LogP contribution in [-0.2, 0) is 4.74 Å². The third kappa shape index (κ3) is 3.59. The van der Waals surface area contributed by atoms with Crippen molar-refractivity contribution in [2.24, 2.45) is 0 Å². The van der Waals surface area contributed by atoms with Crippen LogP contribution in [0.15, 0.2) is 9.85 Å². The lowest BCUT2D eigenvalue weighted by molar-refractivity contribution is 0.0874. The molecule has 0 aromatic carbocycles. The maximum absolute atomic E-state index is 11.7. The van der Waals surface area contributed by atoms with Crippen molar-refractivity contribution in [2.75, 3.05) is 13.7 Å². The molecule has 1 N–H and O–H groups in total. The lowest BCUT2D eigenvalue weighted by Gasteiger charge is -2.09. The molecule has 0 saturated carbocycles. The predicted octanol–water partition coefficient (Wildman–Crippen LogP) is 2.58. The number of hydrogen-bond donors (Lipinski definition) is 1. The van der Waals surface area contributed by atoms with Gasteiger partial charge in [0.1, 0.15) is 0 Å². The van der Waals surface area contributed by atoms with Crippen molar-refractivity contribution >= 4 is 33.2 Å². The number of amides is 1. The van der Waals surface area contributed by atoms with Crippen molar-refractivity contribution in [3.63, 3.8) is 0 Å². The van der Waals surface area contributed by atoms with Gasteiger partial charge < -0.3 is 10.1 Å². The molecule has 1 heterocycles. The molecule has 0 radical (unpaired) electrons. The smallest absolute Gasteiger partial charge is 0.261 e. The van der Waals surface area contributed by atoms with Gasteiger partial charge in [0.15, 0.2) is 0 Å². The van der Waals surface area contributed by atoms with E-state index in [0.717, 1.165) is 14.2 Å². The zero-order chi connectivity index (χ0) is 11.4. The Labute approximate surface area is 102 Å². The highest BCUT2D eigenvalue weighted by atomic mass is 79.9. The van der Waals surface area contributed by atoms with Crippen molar-refractivity contribution in [3.8, 4) is 0 Å². The highest BCUT2D eigenvalue weighted by molar-refractivity contribution is 9.11. The van der Waals surface area contributed by atoms with E-state index in [1.54, 1.807) is 7.11 Å². The first-order valence-electron chi connectivity index (χ1n) is 4.61. The zero-order valence-corrected chi connectivity index (χ0v) is 11.4. The summed E-state index contributed by atoms with van der Waals surface area (Å²) in [6.45, 7) is 4.41. The number of ether oxygens (including phenoxy) is 1. The van der Waals surface area contributed by atoms with Crippen molar-refractivity contribution in [1.82, 2.24) is 5.32 Å². The second-order valence-corrected chi connectivity index (χ2v) is 5.69. The first-order valence-corrected chi connectivity index (χ1v) is 6.22. The third-order valence-electron chi connectivity index (χ3n) is 2.03. The van der Waals surface area contributed by atoms with Crippen LogP contribution in [0, 0.1) is 6.92 Å². The molecular formula is C10H14BrNO2S. The van der Waals surface area contributed by atoms with E-state index in [4.69, 9.17) is 4.74 Å². The maximum Gasteiger partial charge on any atom is 0.261 e. The Kier molecular flexibility index (Phi) is 4.76. The molecule has 0 saturated heterocycles. The lowest BCUT2D eigenvalue weighted by Crippen LogP contribution is -2.31. The fraction of sp³-hybridized carbons (Fsp3) is 0.500. The summed E-state index contributed by atoms with van der Waals surface area (Å²) >= 11 is 4.84. The van der Waals surface area contributed by atoms with Gasteiger partial charge in [-0.2, -0.15) is 0 Å². The molecule has 0 fully saturated rings. The summed E-state index contributed by atoms with van der Waals surface area (Å²) in [7, 11) is 1.63. The Balaban J connectivity index is 2.54. The normalized spacial score (nSPS) is 12.5. The molecule has 1 amide bonds. The minimum Gasteiger partial charge on any atom is -0.380 e.